The standard InChI is InChI=1S/C25H19Cl2N3O4/c1-15-3-4-16(2)23(9-15)29-24(31)14-34-25-21(26)11-17(12-22(25)27)10-19(13-28)18-5-7-20(8-6-18)30(32)33/h3-12H,14H2,1-2H3,(H,29,31)/b19-10+. The van der Waals surface area contributed by atoms with E-state index in [1.54, 1.807) is 18.2 Å². The molecule has 0 unspecified atom stereocenters. The van der Waals surface area contributed by atoms with Gasteiger partial charge in [0.1, 0.15) is 0 Å². The Kier molecular flexibility index (Phi) is 7.90. The maximum absolute atomic E-state index is 12.3. The second-order valence-electron chi connectivity index (χ2n) is 7.44. The number of nitrogens with zero attached hydrogens (tertiary/aromatic N) is 2. The Balaban J connectivity index is 1.75. The first-order valence-electron chi connectivity index (χ1n) is 10.0. The van der Waals surface area contributed by atoms with Crippen molar-refractivity contribution in [2.24, 2.45) is 0 Å². The van der Waals surface area contributed by atoms with Gasteiger partial charge in [0.15, 0.2) is 12.4 Å². The Hall–Kier alpha value is -3.86. The number of hydrogen-bond acceptors (Lipinski definition) is 5. The van der Waals surface area contributed by atoms with E-state index in [9.17, 15) is 20.2 Å². The summed E-state index contributed by atoms with van der Waals surface area (Å²) in [5.74, 6) is -0.222. The molecule has 0 aliphatic rings. The summed E-state index contributed by atoms with van der Waals surface area (Å²) in [5.41, 5.74) is 3.86. The summed E-state index contributed by atoms with van der Waals surface area (Å²) >= 11 is 12.6. The van der Waals surface area contributed by atoms with Gasteiger partial charge in [-0.15, -0.1) is 0 Å². The van der Waals surface area contributed by atoms with Crippen LogP contribution in [0.15, 0.2) is 54.6 Å². The number of nitro benzene ring substituents is 1. The molecule has 1 N–H and O–H groups in total. The highest BCUT2D eigenvalue weighted by atomic mass is 35.5. The Morgan fingerprint density at radius 1 is 1.12 bits per heavy atom. The Labute approximate surface area is 206 Å². The highest BCUT2D eigenvalue weighted by Gasteiger charge is 2.14. The molecule has 3 aromatic carbocycles. The molecule has 9 heteroatoms. The largest absolute Gasteiger partial charge is 0.481 e. The van der Waals surface area contributed by atoms with Gasteiger partial charge in [0.05, 0.1) is 26.6 Å². The van der Waals surface area contributed by atoms with Crippen LogP contribution in [-0.2, 0) is 4.79 Å². The number of rotatable bonds is 7. The number of nitriles is 1. The van der Waals surface area contributed by atoms with Crippen LogP contribution in [0, 0.1) is 35.3 Å². The summed E-state index contributed by atoms with van der Waals surface area (Å²) in [6.07, 6.45) is 1.55. The zero-order valence-corrected chi connectivity index (χ0v) is 19.8. The van der Waals surface area contributed by atoms with Crippen LogP contribution in [0.3, 0.4) is 0 Å². The van der Waals surface area contributed by atoms with Crippen LogP contribution in [0.25, 0.3) is 11.6 Å². The Morgan fingerprint density at radius 3 is 2.35 bits per heavy atom. The van der Waals surface area contributed by atoms with Crippen molar-refractivity contribution in [2.75, 3.05) is 11.9 Å². The molecule has 0 heterocycles. The molecular weight excluding hydrogens is 477 g/mol. The van der Waals surface area contributed by atoms with Gasteiger partial charge in [0.25, 0.3) is 11.6 Å². The van der Waals surface area contributed by atoms with Gasteiger partial charge < -0.3 is 10.1 Å². The predicted molar refractivity (Wildman–Crippen MR) is 133 cm³/mol. The summed E-state index contributed by atoms with van der Waals surface area (Å²) in [6, 6.07) is 16.5. The van der Waals surface area contributed by atoms with E-state index in [0.29, 0.717) is 16.8 Å². The summed E-state index contributed by atoms with van der Waals surface area (Å²) < 4.78 is 5.55. The van der Waals surface area contributed by atoms with Gasteiger partial charge in [0, 0.05) is 17.8 Å². The zero-order chi connectivity index (χ0) is 24.8. The molecule has 7 nitrogen and oxygen atoms in total. The first-order valence-corrected chi connectivity index (χ1v) is 10.8. The molecule has 3 rings (SSSR count). The van der Waals surface area contributed by atoms with E-state index in [0.717, 1.165) is 11.1 Å². The summed E-state index contributed by atoms with van der Waals surface area (Å²) in [6.45, 7) is 3.52. The fourth-order valence-electron chi connectivity index (χ4n) is 3.10. The average molecular weight is 496 g/mol. The third-order valence-corrected chi connectivity index (χ3v) is 5.42. The summed E-state index contributed by atoms with van der Waals surface area (Å²) in [7, 11) is 0. The monoisotopic (exact) mass is 495 g/mol. The molecule has 0 bridgehead atoms. The van der Waals surface area contributed by atoms with Crippen molar-refractivity contribution in [3.63, 3.8) is 0 Å². The Morgan fingerprint density at radius 2 is 1.76 bits per heavy atom. The van der Waals surface area contributed by atoms with E-state index in [4.69, 9.17) is 27.9 Å². The van der Waals surface area contributed by atoms with Crippen LogP contribution < -0.4 is 10.1 Å². The number of aryl methyl sites for hydroxylation is 2. The molecule has 34 heavy (non-hydrogen) atoms. The van der Waals surface area contributed by atoms with Crippen LogP contribution in [0.5, 0.6) is 5.75 Å². The molecule has 172 valence electrons. The number of anilines is 1. The number of ether oxygens (including phenoxy) is 1. The molecular formula is C25H19Cl2N3O4. The lowest BCUT2D eigenvalue weighted by atomic mass is 10.0. The minimum atomic E-state index is -0.514. The summed E-state index contributed by atoms with van der Waals surface area (Å²) in [5, 5.41) is 23.5. The van der Waals surface area contributed by atoms with Crippen LogP contribution >= 0.6 is 23.2 Å². The van der Waals surface area contributed by atoms with Gasteiger partial charge >= 0.3 is 0 Å². The molecule has 0 radical (unpaired) electrons. The fourth-order valence-corrected chi connectivity index (χ4v) is 3.72. The smallest absolute Gasteiger partial charge is 0.269 e. The molecule has 3 aromatic rings. The van der Waals surface area contributed by atoms with Crippen molar-refractivity contribution >= 4 is 52.1 Å². The van der Waals surface area contributed by atoms with Crippen LogP contribution in [0.4, 0.5) is 11.4 Å². The summed E-state index contributed by atoms with van der Waals surface area (Å²) in [4.78, 5) is 22.6. The van der Waals surface area contributed by atoms with E-state index in [-0.39, 0.29) is 39.6 Å². The first kappa shape index (κ1) is 24.8. The van der Waals surface area contributed by atoms with Crippen molar-refractivity contribution in [3.8, 4) is 11.8 Å². The number of nitrogens with one attached hydrogen (secondary N) is 1. The fraction of sp³-hybridized carbons (Fsp3) is 0.120. The van der Waals surface area contributed by atoms with Crippen LogP contribution in [0.1, 0.15) is 22.3 Å². The second-order valence-corrected chi connectivity index (χ2v) is 8.26. The van der Waals surface area contributed by atoms with E-state index in [2.05, 4.69) is 11.4 Å². The van der Waals surface area contributed by atoms with Gasteiger partial charge in [-0.05, 0) is 72.5 Å². The van der Waals surface area contributed by atoms with Gasteiger partial charge in [-0.2, -0.15) is 5.26 Å². The van der Waals surface area contributed by atoms with E-state index >= 15 is 0 Å². The third-order valence-electron chi connectivity index (χ3n) is 4.86. The molecule has 0 aliphatic heterocycles. The molecule has 1 amide bonds. The molecule has 0 atom stereocenters. The zero-order valence-electron chi connectivity index (χ0n) is 18.3. The van der Waals surface area contributed by atoms with Crippen molar-refractivity contribution in [3.05, 3.63) is 97.0 Å². The lowest BCUT2D eigenvalue weighted by Crippen LogP contribution is -2.21. The van der Waals surface area contributed by atoms with Crippen molar-refractivity contribution in [2.45, 2.75) is 13.8 Å². The third kappa shape index (κ3) is 6.13. The molecule has 0 aromatic heterocycles. The SMILES string of the molecule is Cc1ccc(C)c(NC(=O)COc2c(Cl)cc(/C=C(\C#N)c3ccc([N+](=O)[O-])cc3)cc2Cl)c1. The van der Waals surface area contributed by atoms with Gasteiger partial charge in [0.2, 0.25) is 0 Å². The number of carbonyl (C=O) groups is 1. The molecule has 0 saturated heterocycles. The van der Waals surface area contributed by atoms with Gasteiger partial charge in [-0.1, -0.05) is 35.3 Å². The number of non-ortho nitro benzene ring substituents is 1. The minimum absolute atomic E-state index is 0.0739. The number of allylic oxidation sites excluding steroid dienone is 1. The number of carbonyl (C=O) groups excluding carboxylic acids is 1. The molecule has 0 saturated carbocycles. The predicted octanol–water partition coefficient (Wildman–Crippen LogP) is 6.60. The van der Waals surface area contributed by atoms with E-state index < -0.39 is 4.92 Å². The van der Waals surface area contributed by atoms with Crippen LogP contribution in [-0.4, -0.2) is 17.4 Å². The lowest BCUT2D eigenvalue weighted by Gasteiger charge is -2.13. The highest BCUT2D eigenvalue weighted by Crippen LogP contribution is 2.35. The van der Waals surface area contributed by atoms with Crippen molar-refractivity contribution in [1.82, 2.24) is 0 Å². The quantitative estimate of drug-likeness (QED) is 0.172. The minimum Gasteiger partial charge on any atom is -0.481 e. The van der Waals surface area contributed by atoms with Gasteiger partial charge in [-0.3, -0.25) is 14.9 Å². The number of benzene rings is 3. The average Bonchev–Trinajstić information content (AvgIpc) is 2.79. The second kappa shape index (κ2) is 10.8. The number of halogens is 2. The topological polar surface area (TPSA) is 105 Å². The normalized spacial score (nSPS) is 11.0. The van der Waals surface area contributed by atoms with E-state index in [1.165, 1.54) is 24.3 Å². The van der Waals surface area contributed by atoms with Crippen molar-refractivity contribution in [1.29, 1.82) is 5.26 Å². The Bertz CT molecular complexity index is 1310. The molecule has 0 spiro atoms. The maximum Gasteiger partial charge on any atom is 0.269 e. The molecule has 0 aliphatic carbocycles. The highest BCUT2D eigenvalue weighted by molar-refractivity contribution is 6.37. The first-order chi connectivity index (χ1) is 16.2. The number of nitro groups is 1. The number of amides is 1. The number of hydrogen-bond donors (Lipinski definition) is 1. The van der Waals surface area contributed by atoms with Crippen LogP contribution in [0.2, 0.25) is 10.0 Å². The maximum atomic E-state index is 12.3. The van der Waals surface area contributed by atoms with E-state index in [1.807, 2.05) is 32.0 Å². The molecule has 0 fully saturated rings. The lowest BCUT2D eigenvalue weighted by molar-refractivity contribution is -0.384. The van der Waals surface area contributed by atoms with Crippen molar-refractivity contribution < 1.29 is 14.5 Å². The van der Waals surface area contributed by atoms with Gasteiger partial charge in [-0.25, -0.2) is 0 Å².